The van der Waals surface area contributed by atoms with Crippen molar-refractivity contribution in [2.24, 2.45) is 5.92 Å². The summed E-state index contributed by atoms with van der Waals surface area (Å²) in [6, 6.07) is 0.104. The van der Waals surface area contributed by atoms with Gasteiger partial charge in [-0.05, 0) is 32.1 Å². The Kier molecular flexibility index (Phi) is 3.81. The second-order valence-corrected chi connectivity index (χ2v) is 5.26. The molecule has 1 N–H and O–H groups in total. The van der Waals surface area contributed by atoms with Gasteiger partial charge in [0.25, 0.3) is 0 Å². The highest BCUT2D eigenvalue weighted by Gasteiger charge is 2.37. The van der Waals surface area contributed by atoms with E-state index in [9.17, 15) is 0 Å². The number of hydrogen-bond donors (Lipinski definition) is 1. The maximum Gasteiger partial charge on any atom is 0.243 e. The van der Waals surface area contributed by atoms with Gasteiger partial charge in [-0.15, -0.1) is 0 Å². The molecule has 2 heterocycles. The van der Waals surface area contributed by atoms with E-state index >= 15 is 0 Å². The van der Waals surface area contributed by atoms with Gasteiger partial charge in [0.15, 0.2) is 0 Å². The maximum absolute atomic E-state index is 5.74. The molecule has 0 aromatic carbocycles. The fourth-order valence-electron chi connectivity index (χ4n) is 2.58. The van der Waals surface area contributed by atoms with Crippen LogP contribution in [0.25, 0.3) is 0 Å². The summed E-state index contributed by atoms with van der Waals surface area (Å²) in [5, 5.41) is 7.44. The Morgan fingerprint density at radius 3 is 2.95 bits per heavy atom. The van der Waals surface area contributed by atoms with Crippen LogP contribution in [0.2, 0.25) is 0 Å². The number of hydrogen-bond acceptors (Lipinski definition) is 6. The zero-order valence-electron chi connectivity index (χ0n) is 11.5. The van der Waals surface area contributed by atoms with E-state index in [0.717, 1.165) is 13.0 Å². The molecule has 0 amide bonds. The van der Waals surface area contributed by atoms with Crippen molar-refractivity contribution < 1.29 is 14.0 Å². The van der Waals surface area contributed by atoms with E-state index in [2.05, 4.69) is 15.5 Å². The van der Waals surface area contributed by atoms with Crippen LogP contribution in [0.15, 0.2) is 4.52 Å². The highest BCUT2D eigenvalue weighted by Crippen LogP contribution is 2.42. The monoisotopic (exact) mass is 267 g/mol. The molecule has 19 heavy (non-hydrogen) atoms. The van der Waals surface area contributed by atoms with E-state index in [1.807, 2.05) is 6.92 Å². The van der Waals surface area contributed by atoms with E-state index in [0.29, 0.717) is 24.2 Å². The summed E-state index contributed by atoms with van der Waals surface area (Å²) in [7, 11) is 1.73. The molecule has 1 unspecified atom stereocenters. The molecule has 1 saturated carbocycles. The summed E-state index contributed by atoms with van der Waals surface area (Å²) >= 11 is 0. The third kappa shape index (κ3) is 2.80. The van der Waals surface area contributed by atoms with Crippen molar-refractivity contribution in [1.82, 2.24) is 15.5 Å². The summed E-state index contributed by atoms with van der Waals surface area (Å²) in [5.74, 6) is 1.91. The second kappa shape index (κ2) is 5.56. The molecule has 6 heteroatoms. The largest absolute Gasteiger partial charge is 0.380 e. The third-order valence-corrected chi connectivity index (χ3v) is 3.83. The Hall–Kier alpha value is -0.980. The van der Waals surface area contributed by atoms with E-state index < -0.39 is 0 Å². The van der Waals surface area contributed by atoms with E-state index in [1.54, 1.807) is 7.11 Å². The molecule has 6 nitrogen and oxygen atoms in total. The van der Waals surface area contributed by atoms with Crippen LogP contribution >= 0.6 is 0 Å². The Morgan fingerprint density at radius 2 is 2.32 bits per heavy atom. The number of aromatic nitrogens is 2. The zero-order valence-corrected chi connectivity index (χ0v) is 11.5. The number of nitrogens with zero attached hydrogens (tertiary/aromatic N) is 2. The molecular weight excluding hydrogens is 246 g/mol. The zero-order chi connectivity index (χ0) is 13.2. The molecule has 3 rings (SSSR count). The fraction of sp³-hybridized carbons (Fsp3) is 0.846. The lowest BCUT2D eigenvalue weighted by Gasteiger charge is -2.11. The number of methoxy groups -OCH3 is 1. The first-order valence-electron chi connectivity index (χ1n) is 7.03. The normalized spacial score (nSPS) is 28.7. The Bertz CT molecular complexity index is 419. The van der Waals surface area contributed by atoms with Gasteiger partial charge in [-0.25, -0.2) is 0 Å². The van der Waals surface area contributed by atoms with Gasteiger partial charge in [-0.3, -0.25) is 0 Å². The molecule has 1 aromatic heterocycles. The lowest BCUT2D eigenvalue weighted by molar-refractivity contribution is 0.0384. The van der Waals surface area contributed by atoms with Gasteiger partial charge in [-0.1, -0.05) is 5.16 Å². The summed E-state index contributed by atoms with van der Waals surface area (Å²) in [6.07, 6.45) is 3.50. The average molecular weight is 267 g/mol. The van der Waals surface area contributed by atoms with Crippen LogP contribution in [-0.2, 0) is 9.47 Å². The van der Waals surface area contributed by atoms with Gasteiger partial charge in [0.05, 0.1) is 12.1 Å². The van der Waals surface area contributed by atoms with Crippen molar-refractivity contribution in [3.8, 4) is 0 Å². The molecule has 2 fully saturated rings. The molecule has 0 bridgehead atoms. The molecule has 3 atom stereocenters. The Labute approximate surface area is 112 Å². The van der Waals surface area contributed by atoms with Gasteiger partial charge in [0, 0.05) is 20.3 Å². The first-order valence-corrected chi connectivity index (χ1v) is 7.03. The van der Waals surface area contributed by atoms with Crippen LogP contribution in [0, 0.1) is 5.92 Å². The molecule has 106 valence electrons. The quantitative estimate of drug-likeness (QED) is 0.844. The number of ether oxygens (including phenoxy) is 2. The van der Waals surface area contributed by atoms with Crippen molar-refractivity contribution in [3.63, 3.8) is 0 Å². The number of rotatable bonds is 6. The summed E-state index contributed by atoms with van der Waals surface area (Å²) in [5.41, 5.74) is 0. The van der Waals surface area contributed by atoms with Gasteiger partial charge >= 0.3 is 0 Å². The predicted octanol–water partition coefficient (Wildman–Crippen LogP) is 1.61. The second-order valence-electron chi connectivity index (χ2n) is 5.26. The Morgan fingerprint density at radius 1 is 1.47 bits per heavy atom. The standard InChI is InChI=1S/C13H21N3O3/c1-3-18-11(8-4-5-8)12-15-13(19-16-12)10-6-9(17-2)7-14-10/h8-11,14H,3-7H2,1-2H3/t9-,10+,11?/m0/s1. The molecule has 1 saturated heterocycles. The van der Waals surface area contributed by atoms with E-state index in [-0.39, 0.29) is 18.2 Å². The maximum atomic E-state index is 5.74. The van der Waals surface area contributed by atoms with Gasteiger partial charge < -0.3 is 19.3 Å². The summed E-state index contributed by atoms with van der Waals surface area (Å²) in [4.78, 5) is 4.52. The first-order chi connectivity index (χ1) is 9.31. The van der Waals surface area contributed by atoms with Crippen molar-refractivity contribution in [1.29, 1.82) is 0 Å². The lowest BCUT2D eigenvalue weighted by atomic mass is 10.2. The minimum Gasteiger partial charge on any atom is -0.380 e. The smallest absolute Gasteiger partial charge is 0.243 e. The predicted molar refractivity (Wildman–Crippen MR) is 67.5 cm³/mol. The molecule has 0 spiro atoms. The molecular formula is C13H21N3O3. The third-order valence-electron chi connectivity index (χ3n) is 3.83. The highest BCUT2D eigenvalue weighted by molar-refractivity contribution is 5.02. The van der Waals surface area contributed by atoms with E-state index in [1.165, 1.54) is 12.8 Å². The van der Waals surface area contributed by atoms with E-state index in [4.69, 9.17) is 14.0 Å². The molecule has 2 aliphatic rings. The van der Waals surface area contributed by atoms with Crippen molar-refractivity contribution in [2.75, 3.05) is 20.3 Å². The lowest BCUT2D eigenvalue weighted by Crippen LogP contribution is -2.16. The first kappa shape index (κ1) is 13.0. The van der Waals surface area contributed by atoms with Crippen LogP contribution in [-0.4, -0.2) is 36.5 Å². The molecule has 1 aliphatic carbocycles. The fourth-order valence-corrected chi connectivity index (χ4v) is 2.58. The van der Waals surface area contributed by atoms with Crippen molar-refractivity contribution in [3.05, 3.63) is 11.7 Å². The Balaban J connectivity index is 1.68. The SMILES string of the molecule is CCOC(c1noc([C@H]2C[C@H](OC)CN2)n1)C1CC1. The van der Waals surface area contributed by atoms with Crippen LogP contribution in [0.3, 0.4) is 0 Å². The van der Waals surface area contributed by atoms with Crippen LogP contribution < -0.4 is 5.32 Å². The van der Waals surface area contributed by atoms with Crippen LogP contribution in [0.4, 0.5) is 0 Å². The molecule has 1 aromatic rings. The number of nitrogens with one attached hydrogen (secondary N) is 1. The molecule has 0 radical (unpaired) electrons. The van der Waals surface area contributed by atoms with Crippen molar-refractivity contribution >= 4 is 0 Å². The van der Waals surface area contributed by atoms with Crippen LogP contribution in [0.1, 0.15) is 50.0 Å². The summed E-state index contributed by atoms with van der Waals surface area (Å²) < 4.78 is 16.5. The van der Waals surface area contributed by atoms with Gasteiger partial charge in [0.2, 0.25) is 11.7 Å². The van der Waals surface area contributed by atoms with Gasteiger partial charge in [-0.2, -0.15) is 4.98 Å². The minimum atomic E-state index is 0.00197. The van der Waals surface area contributed by atoms with Gasteiger partial charge in [0.1, 0.15) is 6.10 Å². The van der Waals surface area contributed by atoms with Crippen molar-refractivity contribution in [2.45, 2.75) is 44.4 Å². The minimum absolute atomic E-state index is 0.00197. The molecule has 1 aliphatic heterocycles. The van der Waals surface area contributed by atoms with Crippen LogP contribution in [0.5, 0.6) is 0 Å². The summed E-state index contributed by atoms with van der Waals surface area (Å²) in [6.45, 7) is 3.51. The highest BCUT2D eigenvalue weighted by atomic mass is 16.5. The topological polar surface area (TPSA) is 69.4 Å². The average Bonchev–Trinajstić information content (AvgIpc) is 2.96.